The SMILES string of the molecule is Cc1nc(OC(C)C)cc(N2CCN(S(=O)(=O)c3ccc(Cl)cc3)CC2)n1. The lowest BCUT2D eigenvalue weighted by Crippen LogP contribution is -2.49. The van der Waals surface area contributed by atoms with E-state index in [-0.39, 0.29) is 11.0 Å². The van der Waals surface area contributed by atoms with E-state index < -0.39 is 10.0 Å². The summed E-state index contributed by atoms with van der Waals surface area (Å²) in [4.78, 5) is 11.1. The number of ether oxygens (including phenoxy) is 1. The van der Waals surface area contributed by atoms with Crippen LogP contribution in [0.25, 0.3) is 0 Å². The van der Waals surface area contributed by atoms with Crippen molar-refractivity contribution < 1.29 is 13.2 Å². The van der Waals surface area contributed by atoms with Gasteiger partial charge in [-0.1, -0.05) is 11.6 Å². The molecule has 2 aromatic rings. The van der Waals surface area contributed by atoms with Gasteiger partial charge in [0, 0.05) is 37.3 Å². The minimum Gasteiger partial charge on any atom is -0.475 e. The number of aryl methyl sites for hydroxylation is 1. The molecule has 0 unspecified atom stereocenters. The van der Waals surface area contributed by atoms with Crippen molar-refractivity contribution >= 4 is 27.4 Å². The van der Waals surface area contributed by atoms with Crippen molar-refractivity contribution in [1.29, 1.82) is 0 Å². The Morgan fingerprint density at radius 2 is 1.70 bits per heavy atom. The summed E-state index contributed by atoms with van der Waals surface area (Å²) in [5.41, 5.74) is 0. The molecule has 1 aliphatic heterocycles. The Morgan fingerprint density at radius 1 is 1.07 bits per heavy atom. The van der Waals surface area contributed by atoms with Gasteiger partial charge in [0.2, 0.25) is 15.9 Å². The number of sulfonamides is 1. The fourth-order valence-electron chi connectivity index (χ4n) is 2.90. The van der Waals surface area contributed by atoms with E-state index in [1.165, 1.54) is 16.4 Å². The summed E-state index contributed by atoms with van der Waals surface area (Å²) < 4.78 is 32.7. The van der Waals surface area contributed by atoms with Crippen molar-refractivity contribution in [3.05, 3.63) is 41.2 Å². The fourth-order valence-corrected chi connectivity index (χ4v) is 4.45. The van der Waals surface area contributed by atoms with E-state index in [0.29, 0.717) is 42.9 Å². The molecule has 146 valence electrons. The van der Waals surface area contributed by atoms with Crippen molar-refractivity contribution in [1.82, 2.24) is 14.3 Å². The predicted octanol–water partition coefficient (Wildman–Crippen LogP) is 2.74. The highest BCUT2D eigenvalue weighted by Crippen LogP contribution is 2.23. The molecule has 0 atom stereocenters. The van der Waals surface area contributed by atoms with E-state index in [0.717, 1.165) is 5.82 Å². The van der Waals surface area contributed by atoms with Crippen LogP contribution in [0.3, 0.4) is 0 Å². The van der Waals surface area contributed by atoms with Crippen molar-refractivity contribution in [3.63, 3.8) is 0 Å². The Hall–Kier alpha value is -1.90. The Morgan fingerprint density at radius 3 is 2.30 bits per heavy atom. The molecule has 0 bridgehead atoms. The first-order valence-corrected chi connectivity index (χ1v) is 10.6. The fraction of sp³-hybridized carbons (Fsp3) is 0.444. The standard InChI is InChI=1S/C18H23ClN4O3S/c1-13(2)26-18-12-17(20-14(3)21-18)22-8-10-23(11-9-22)27(24,25)16-6-4-15(19)5-7-16/h4-7,12-13H,8-11H2,1-3H3. The second-order valence-electron chi connectivity index (χ2n) is 6.62. The highest BCUT2D eigenvalue weighted by Gasteiger charge is 2.29. The number of hydrogen-bond acceptors (Lipinski definition) is 6. The van der Waals surface area contributed by atoms with Crippen LogP contribution in [0, 0.1) is 6.92 Å². The van der Waals surface area contributed by atoms with Gasteiger partial charge in [-0.05, 0) is 45.0 Å². The average Bonchev–Trinajstić information content (AvgIpc) is 2.61. The van der Waals surface area contributed by atoms with E-state index in [1.54, 1.807) is 18.2 Å². The van der Waals surface area contributed by atoms with Gasteiger partial charge in [0.25, 0.3) is 0 Å². The van der Waals surface area contributed by atoms with Gasteiger partial charge in [-0.25, -0.2) is 13.4 Å². The zero-order valence-electron chi connectivity index (χ0n) is 15.6. The second-order valence-corrected chi connectivity index (χ2v) is 9.00. The first kappa shape index (κ1) is 19.9. The molecule has 1 aromatic heterocycles. The molecule has 1 aliphatic rings. The van der Waals surface area contributed by atoms with Crippen LogP contribution in [-0.2, 0) is 10.0 Å². The van der Waals surface area contributed by atoms with Crippen LogP contribution < -0.4 is 9.64 Å². The molecular weight excluding hydrogens is 388 g/mol. The molecule has 9 heteroatoms. The minimum absolute atomic E-state index is 0.0218. The molecule has 0 spiro atoms. The monoisotopic (exact) mass is 410 g/mol. The molecule has 1 aromatic carbocycles. The smallest absolute Gasteiger partial charge is 0.243 e. The zero-order valence-corrected chi connectivity index (χ0v) is 17.2. The van der Waals surface area contributed by atoms with Crippen molar-refractivity contribution in [2.24, 2.45) is 0 Å². The maximum Gasteiger partial charge on any atom is 0.243 e. The van der Waals surface area contributed by atoms with Crippen LogP contribution in [0.1, 0.15) is 19.7 Å². The van der Waals surface area contributed by atoms with Gasteiger partial charge >= 0.3 is 0 Å². The normalized spacial score (nSPS) is 16.0. The third-order valence-electron chi connectivity index (χ3n) is 4.17. The van der Waals surface area contributed by atoms with Gasteiger partial charge in [0.1, 0.15) is 11.6 Å². The first-order chi connectivity index (χ1) is 12.8. The lowest BCUT2D eigenvalue weighted by molar-refractivity contribution is 0.231. The van der Waals surface area contributed by atoms with Gasteiger partial charge in [-0.2, -0.15) is 9.29 Å². The molecular formula is C18H23ClN4O3S. The number of aromatic nitrogens is 2. The molecule has 0 N–H and O–H groups in total. The molecule has 0 amide bonds. The molecule has 1 fully saturated rings. The van der Waals surface area contributed by atoms with E-state index in [9.17, 15) is 8.42 Å². The summed E-state index contributed by atoms with van der Waals surface area (Å²) in [6.45, 7) is 7.56. The van der Waals surface area contributed by atoms with Crippen molar-refractivity contribution in [2.45, 2.75) is 31.8 Å². The minimum atomic E-state index is -3.53. The van der Waals surface area contributed by atoms with Crippen molar-refractivity contribution in [2.75, 3.05) is 31.1 Å². The van der Waals surface area contributed by atoms with Crippen LogP contribution >= 0.6 is 11.6 Å². The number of anilines is 1. The molecule has 2 heterocycles. The van der Waals surface area contributed by atoms with Gasteiger partial charge in [-0.3, -0.25) is 0 Å². The summed E-state index contributed by atoms with van der Waals surface area (Å²) >= 11 is 5.85. The summed E-state index contributed by atoms with van der Waals surface area (Å²) in [6, 6.07) is 8.05. The van der Waals surface area contributed by atoms with Crippen LogP contribution in [0.2, 0.25) is 5.02 Å². The van der Waals surface area contributed by atoms with E-state index in [4.69, 9.17) is 16.3 Å². The lowest BCUT2D eigenvalue weighted by Gasteiger charge is -2.34. The van der Waals surface area contributed by atoms with Gasteiger partial charge < -0.3 is 9.64 Å². The van der Waals surface area contributed by atoms with Gasteiger partial charge in [-0.15, -0.1) is 0 Å². The maximum atomic E-state index is 12.8. The van der Waals surface area contributed by atoms with Gasteiger partial charge in [0.05, 0.1) is 11.0 Å². The molecule has 0 radical (unpaired) electrons. The molecule has 1 saturated heterocycles. The molecule has 0 aliphatic carbocycles. The number of nitrogens with zero attached hydrogens (tertiary/aromatic N) is 4. The molecule has 27 heavy (non-hydrogen) atoms. The highest BCUT2D eigenvalue weighted by molar-refractivity contribution is 7.89. The second kappa shape index (κ2) is 8.00. The van der Waals surface area contributed by atoms with Crippen LogP contribution in [0.15, 0.2) is 35.2 Å². The van der Waals surface area contributed by atoms with E-state index in [1.807, 2.05) is 20.8 Å². The zero-order chi connectivity index (χ0) is 19.6. The molecule has 7 nitrogen and oxygen atoms in total. The van der Waals surface area contributed by atoms with E-state index >= 15 is 0 Å². The molecule has 0 saturated carbocycles. The van der Waals surface area contributed by atoms with Crippen molar-refractivity contribution in [3.8, 4) is 5.88 Å². The predicted molar refractivity (Wildman–Crippen MR) is 105 cm³/mol. The maximum absolute atomic E-state index is 12.8. The average molecular weight is 411 g/mol. The lowest BCUT2D eigenvalue weighted by atomic mass is 10.3. The number of benzene rings is 1. The van der Waals surface area contributed by atoms with E-state index in [2.05, 4.69) is 14.9 Å². The Labute approximate surface area is 165 Å². The Kier molecular flexibility index (Phi) is 5.88. The van der Waals surface area contributed by atoms with Crippen LogP contribution in [-0.4, -0.2) is 55.0 Å². The topological polar surface area (TPSA) is 75.6 Å². The summed E-state index contributed by atoms with van der Waals surface area (Å²) in [7, 11) is -3.53. The highest BCUT2D eigenvalue weighted by atomic mass is 35.5. The third-order valence-corrected chi connectivity index (χ3v) is 6.34. The number of rotatable bonds is 5. The summed E-state index contributed by atoms with van der Waals surface area (Å²) in [5, 5.41) is 0.511. The number of hydrogen-bond donors (Lipinski definition) is 0. The quantitative estimate of drug-likeness (QED) is 0.754. The van der Waals surface area contributed by atoms with Gasteiger partial charge in [0.15, 0.2) is 0 Å². The molecule has 3 rings (SSSR count). The van der Waals surface area contributed by atoms with Crippen LogP contribution in [0.5, 0.6) is 5.88 Å². The summed E-state index contributed by atoms with van der Waals surface area (Å²) in [5.74, 6) is 1.91. The third kappa shape index (κ3) is 4.69. The summed E-state index contributed by atoms with van der Waals surface area (Å²) in [6.07, 6.45) is 0.0218. The number of halogens is 1. The Bertz CT molecular complexity index is 895. The first-order valence-electron chi connectivity index (χ1n) is 8.79. The van der Waals surface area contributed by atoms with Crippen LogP contribution in [0.4, 0.5) is 5.82 Å². The number of piperazine rings is 1. The largest absolute Gasteiger partial charge is 0.475 e. The Balaban J connectivity index is 1.72.